The highest BCUT2D eigenvalue weighted by molar-refractivity contribution is 8.01. The van der Waals surface area contributed by atoms with Crippen molar-refractivity contribution in [3.63, 3.8) is 0 Å². The topological polar surface area (TPSA) is 550 Å². The summed E-state index contributed by atoms with van der Waals surface area (Å²) in [5, 5.41) is 29.6. The van der Waals surface area contributed by atoms with Crippen molar-refractivity contribution in [1.82, 2.24) is 57.0 Å². The number of carboxylic acid groups (broad SMARTS) is 1. The van der Waals surface area contributed by atoms with Gasteiger partial charge in [-0.1, -0.05) is 63.9 Å². The minimum Gasteiger partial charge on any atom is -0.480 e. The second-order valence-corrected chi connectivity index (χ2v) is 31.5. The number of ketones is 5. The van der Waals surface area contributed by atoms with E-state index in [2.05, 4.69) is 57.2 Å². The van der Waals surface area contributed by atoms with Crippen LogP contribution in [0.3, 0.4) is 0 Å². The van der Waals surface area contributed by atoms with Crippen molar-refractivity contribution in [2.45, 2.75) is 217 Å². The van der Waals surface area contributed by atoms with E-state index < -0.39 is 174 Å². The number of rotatable bonds is 34. The van der Waals surface area contributed by atoms with Crippen molar-refractivity contribution in [3.05, 3.63) is 54.1 Å². The number of unbranched alkanes of at least 4 members (excludes halogenated alkanes) is 2. The molecule has 3 saturated heterocycles. The number of thioether (sulfide) groups is 2. The smallest absolute Gasteiger partial charge is 0.326 e. The molecule has 4 heterocycles. The van der Waals surface area contributed by atoms with Gasteiger partial charge in [0, 0.05) is 112 Å². The minimum atomic E-state index is -1.47. The number of nitrogens with zero attached hydrogens (tertiary/aromatic N) is 5. The largest absolute Gasteiger partial charge is 0.480 e. The Morgan fingerprint density at radius 3 is 2.00 bits per heavy atom. The molecule has 1 aromatic heterocycles. The van der Waals surface area contributed by atoms with E-state index in [1.54, 1.807) is 30.3 Å². The van der Waals surface area contributed by atoms with Crippen LogP contribution in [0.15, 0.2) is 52.8 Å². The number of carbonyl (C=O) groups is 15. The van der Waals surface area contributed by atoms with Crippen LogP contribution in [-0.4, -0.2) is 235 Å². The molecule has 9 amide bonds. The molecule has 1 aromatic carbocycles. The Hall–Kier alpha value is -9.32. The van der Waals surface area contributed by atoms with Crippen LogP contribution in [0.1, 0.15) is 167 Å². The summed E-state index contributed by atoms with van der Waals surface area (Å²) in [7, 11) is 0. The number of imidazole rings is 1. The van der Waals surface area contributed by atoms with Crippen molar-refractivity contribution in [1.29, 1.82) is 0 Å². The van der Waals surface area contributed by atoms with Gasteiger partial charge < -0.3 is 85.8 Å². The van der Waals surface area contributed by atoms with E-state index in [0.717, 1.165) is 23.5 Å². The number of carbonyl (C=O) groups excluding carboxylic acids is 14. The number of fused-ring (bicyclic) bond motifs is 1. The van der Waals surface area contributed by atoms with Crippen LogP contribution in [0, 0.1) is 29.6 Å². The standard InChI is InChI=1S/C75H114N18O16S2/c1-4-5-17-46-34-63(98)59-21-13-28-92(59)64(99)38-84-69(104)54(18-9-10-25-76)87-68(103)49(32-50-37-81-43-85-50)36-62(97)57(41-110-39-52(95)40-111-42-58(91-65(46)100)70(105)89-56(73(108)109)31-45-15-7-6-8-16-45)90-67(102)48(30-44(2)3)35-61(96)53(19-11-26-82-74(77)78)86-71(106)60-22-14-29-93(60)72(107)55(20-12-27-83-75(79)80)88-66(101)47-23-24-51(94)33-47/h6-8,15-16,37,43-44,46-49,53-60H,4-5,9-14,17-36,38-42,76H2,1-3H3,(H,81,85)(H,84,104)(H,86,106)(H,87,103)(H,88,101)(H,89,105)(H,90,102)(H,91,100)(H,108,109)(H4,77,78,82)(H4,79,80,83)/t46-,47-,48-,49-,53+,54+,55+,56+,57+,58+,59+,60+/m1/s1. The van der Waals surface area contributed by atoms with Crippen LogP contribution in [0.4, 0.5) is 0 Å². The molecule has 0 radical (unpaired) electrons. The van der Waals surface area contributed by atoms with Crippen molar-refractivity contribution in [3.8, 4) is 0 Å². The highest BCUT2D eigenvalue weighted by atomic mass is 32.2. The number of nitrogens with two attached hydrogens (primary N) is 5. The fraction of sp³-hybridized carbons (Fsp3) is 0.653. The zero-order valence-electron chi connectivity index (χ0n) is 63.9. The molecule has 111 heavy (non-hydrogen) atoms. The molecule has 36 heteroatoms. The van der Waals surface area contributed by atoms with Crippen LogP contribution in [-0.2, 0) is 84.8 Å². The van der Waals surface area contributed by atoms with E-state index in [1.807, 2.05) is 20.8 Å². The van der Waals surface area contributed by atoms with Gasteiger partial charge >= 0.3 is 5.97 Å². The Kier molecular flexibility index (Phi) is 38.5. The van der Waals surface area contributed by atoms with Gasteiger partial charge in [0.05, 0.1) is 48.4 Å². The van der Waals surface area contributed by atoms with E-state index in [4.69, 9.17) is 28.7 Å². The number of hydrogen-bond acceptors (Lipinski definition) is 21. The van der Waals surface area contributed by atoms with Gasteiger partial charge in [0.25, 0.3) is 0 Å². The van der Waals surface area contributed by atoms with E-state index in [0.29, 0.717) is 56.2 Å². The maximum atomic E-state index is 15.3. The molecule has 0 bridgehead atoms. The number of benzene rings is 1. The van der Waals surface area contributed by atoms with Gasteiger partial charge in [-0.2, -0.15) is 23.5 Å². The number of Topliss-reactive ketones (excluding diaryl/α,β-unsaturated/α-hetero) is 5. The minimum absolute atomic E-state index is 0.0254. The lowest BCUT2D eigenvalue weighted by molar-refractivity contribution is -0.142. The number of aliphatic carboxylic acids is 1. The fourth-order valence-corrected chi connectivity index (χ4v) is 16.1. The average Bonchev–Trinajstić information content (AvgIpc) is 1.73. The summed E-state index contributed by atoms with van der Waals surface area (Å²) in [5.74, 6) is -15.7. The lowest BCUT2D eigenvalue weighted by Gasteiger charge is -2.30. The summed E-state index contributed by atoms with van der Waals surface area (Å²) < 4.78 is 0. The molecule has 12 atom stereocenters. The Morgan fingerprint density at radius 2 is 1.36 bits per heavy atom. The summed E-state index contributed by atoms with van der Waals surface area (Å²) in [5.41, 5.74) is 29.3. The van der Waals surface area contributed by atoms with Crippen molar-refractivity contribution in [2.75, 3.05) is 62.3 Å². The number of guanidine groups is 2. The number of aromatic amines is 1. The summed E-state index contributed by atoms with van der Waals surface area (Å²) in [4.78, 5) is 231. The molecule has 2 aromatic rings. The van der Waals surface area contributed by atoms with E-state index in [9.17, 15) is 67.4 Å². The monoisotopic (exact) mass is 1590 g/mol. The first kappa shape index (κ1) is 90.6. The van der Waals surface area contributed by atoms with Crippen molar-refractivity contribution >= 4 is 123 Å². The Balaban J connectivity index is 1.32. The molecular weight excluding hydrogens is 1470 g/mol. The number of hydrogen-bond donors (Lipinski definition) is 14. The lowest BCUT2D eigenvalue weighted by Crippen LogP contribution is -2.56. The Labute approximate surface area is 655 Å². The summed E-state index contributed by atoms with van der Waals surface area (Å²) in [6.45, 7) is 5.61. The van der Waals surface area contributed by atoms with Crippen molar-refractivity contribution < 1.29 is 77.0 Å². The number of aromatic nitrogens is 2. The third-order valence-corrected chi connectivity index (χ3v) is 22.3. The number of carboxylic acids is 1. The quantitative estimate of drug-likeness (QED) is 0.0247. The third-order valence-electron chi connectivity index (χ3n) is 20.1. The first-order valence-corrected chi connectivity index (χ1v) is 40.9. The maximum absolute atomic E-state index is 15.3. The number of H-pyrrole nitrogens is 1. The first-order valence-electron chi connectivity index (χ1n) is 38.6. The zero-order chi connectivity index (χ0) is 81.1. The number of likely N-dealkylation sites (tertiary alicyclic amines) is 1. The lowest BCUT2D eigenvalue weighted by atomic mass is 9.88. The molecule has 612 valence electrons. The average molecular weight is 1590 g/mol. The fourth-order valence-electron chi connectivity index (χ4n) is 14.1. The number of nitrogens with one attached hydrogen (secondary N) is 8. The molecule has 4 aliphatic rings. The van der Waals surface area contributed by atoms with Gasteiger partial charge in [-0.25, -0.2) is 9.78 Å². The molecule has 6 rings (SSSR count). The first-order chi connectivity index (χ1) is 53.0. The predicted molar refractivity (Wildman–Crippen MR) is 417 cm³/mol. The third kappa shape index (κ3) is 30.7. The molecular formula is C75H114N18O16S2. The highest BCUT2D eigenvalue weighted by Crippen LogP contribution is 2.28. The normalized spacial score (nSPS) is 22.7. The van der Waals surface area contributed by atoms with E-state index in [1.165, 1.54) is 22.3 Å². The van der Waals surface area contributed by atoms with Crippen LogP contribution >= 0.6 is 23.5 Å². The zero-order valence-corrected chi connectivity index (χ0v) is 65.5. The van der Waals surface area contributed by atoms with Crippen LogP contribution in [0.5, 0.6) is 0 Å². The Morgan fingerprint density at radius 1 is 0.703 bits per heavy atom. The predicted octanol–water partition coefficient (Wildman–Crippen LogP) is -0.0965. The van der Waals surface area contributed by atoms with Gasteiger partial charge in [-0.05, 0) is 108 Å². The summed E-state index contributed by atoms with van der Waals surface area (Å²) in [6.07, 6.45) is 5.64. The van der Waals surface area contributed by atoms with E-state index >= 15 is 9.59 Å². The maximum Gasteiger partial charge on any atom is 0.326 e. The summed E-state index contributed by atoms with van der Waals surface area (Å²) >= 11 is 1.91. The van der Waals surface area contributed by atoms with Gasteiger partial charge in [-0.15, -0.1) is 0 Å². The van der Waals surface area contributed by atoms with Gasteiger partial charge in [0.1, 0.15) is 36.0 Å². The van der Waals surface area contributed by atoms with E-state index in [-0.39, 0.29) is 169 Å². The number of aliphatic imine (C=N–C) groups is 2. The van der Waals surface area contributed by atoms with Crippen LogP contribution in [0.2, 0.25) is 0 Å². The molecule has 0 spiro atoms. The highest BCUT2D eigenvalue weighted by Gasteiger charge is 2.43. The second-order valence-electron chi connectivity index (χ2n) is 29.4. The molecule has 0 unspecified atom stereocenters. The SMILES string of the molecule is CCCC[C@@H]1CC(=O)[C@@H]2CCCN2C(=O)CNC(=O)[C@H](CCCCN)NC(=O)[C@H](Cc2cnc[nH]2)CC(=O)[C@@H](NC(=O)[C@@H](CC(=O)[C@H](CCCN=C(N)N)NC(=O)[C@@H]2CCCN2C(=O)[C@H](CCCN=C(N)N)NC(=O)[C@@H]2CCC(=O)C2)CC(C)C)CSCC(=O)CSC[C@@H](C(=O)N[C@@H](Cc2ccccc2)C(=O)O)NC1=O. The van der Waals surface area contributed by atoms with Crippen molar-refractivity contribution in [2.24, 2.45) is 68.2 Å². The summed E-state index contributed by atoms with van der Waals surface area (Å²) in [6, 6.07) is -1.60. The molecule has 4 fully saturated rings. The van der Waals surface area contributed by atoms with Crippen LogP contribution in [0.25, 0.3) is 0 Å². The van der Waals surface area contributed by atoms with Gasteiger partial charge in [0.15, 0.2) is 35.1 Å². The Bertz CT molecular complexity index is 3580. The van der Waals surface area contributed by atoms with Gasteiger partial charge in [0.2, 0.25) is 53.2 Å². The molecule has 34 nitrogen and oxygen atoms in total. The molecule has 3 aliphatic heterocycles. The second kappa shape index (κ2) is 47.1. The molecule has 1 aliphatic carbocycles. The van der Waals surface area contributed by atoms with Crippen LogP contribution < -0.4 is 65.9 Å². The molecule has 19 N–H and O–H groups in total. The number of amides is 9. The van der Waals surface area contributed by atoms with Gasteiger partial charge in [-0.3, -0.25) is 77.1 Å². The molecule has 1 saturated carbocycles.